The van der Waals surface area contributed by atoms with E-state index in [4.69, 9.17) is 5.73 Å². The molecule has 92 valence electrons. The van der Waals surface area contributed by atoms with Gasteiger partial charge in [0.2, 0.25) is 5.78 Å². The van der Waals surface area contributed by atoms with Crippen molar-refractivity contribution in [3.63, 3.8) is 0 Å². The van der Waals surface area contributed by atoms with Crippen LogP contribution in [0.3, 0.4) is 0 Å². The molecule has 0 atom stereocenters. The highest BCUT2D eigenvalue weighted by Gasteiger charge is 2.16. The van der Waals surface area contributed by atoms with Crippen LogP contribution in [0.25, 0.3) is 5.70 Å². The lowest BCUT2D eigenvalue weighted by molar-refractivity contribution is 0.103. The number of rotatable bonds is 3. The Kier molecular flexibility index (Phi) is 3.75. The molecular weight excluding hydrogens is 236 g/mol. The second-order valence-electron chi connectivity index (χ2n) is 3.96. The summed E-state index contributed by atoms with van der Waals surface area (Å²) >= 11 is 0. The lowest BCUT2D eigenvalue weighted by atomic mass is 9.99. The molecule has 0 aliphatic carbocycles. The number of benzene rings is 2. The molecule has 2 rings (SSSR count). The molecule has 0 radical (unpaired) electrons. The molecule has 0 amide bonds. The minimum atomic E-state index is -0.357. The average Bonchev–Trinajstić information content (AvgIpc) is 2.49. The van der Waals surface area contributed by atoms with Gasteiger partial charge < -0.3 is 5.73 Å². The zero-order valence-corrected chi connectivity index (χ0v) is 10.2. The molecule has 2 N–H and O–H groups in total. The number of hydrogen-bond acceptors (Lipinski definition) is 3. The third-order valence-corrected chi connectivity index (χ3v) is 2.73. The van der Waals surface area contributed by atoms with Gasteiger partial charge >= 0.3 is 0 Å². The van der Waals surface area contributed by atoms with Gasteiger partial charge in [-0.3, -0.25) is 4.79 Å². The number of nitrogens with zero attached hydrogens (tertiary/aromatic N) is 1. The third-order valence-electron chi connectivity index (χ3n) is 2.73. The number of Topliss-reactive ketones (excluding diaryl/α,β-unsaturated/α-hetero) is 1. The van der Waals surface area contributed by atoms with Gasteiger partial charge in [0.1, 0.15) is 11.6 Å². The van der Waals surface area contributed by atoms with Crippen LogP contribution in [0.2, 0.25) is 0 Å². The van der Waals surface area contributed by atoms with Crippen molar-refractivity contribution in [1.29, 1.82) is 5.26 Å². The number of allylic oxidation sites excluding steroid dienone is 1. The first-order chi connectivity index (χ1) is 9.24. The van der Waals surface area contributed by atoms with E-state index in [0.717, 1.165) is 0 Å². The molecule has 0 bridgehead atoms. The minimum absolute atomic E-state index is 0.0302. The predicted molar refractivity (Wildman–Crippen MR) is 73.9 cm³/mol. The van der Waals surface area contributed by atoms with Gasteiger partial charge in [0.25, 0.3) is 0 Å². The molecule has 0 aliphatic heterocycles. The maximum absolute atomic E-state index is 12.2. The van der Waals surface area contributed by atoms with Crippen molar-refractivity contribution in [3.05, 3.63) is 77.4 Å². The van der Waals surface area contributed by atoms with Crippen LogP contribution in [0.4, 0.5) is 0 Å². The Morgan fingerprint density at radius 1 is 0.895 bits per heavy atom. The summed E-state index contributed by atoms with van der Waals surface area (Å²) in [5, 5.41) is 9.18. The summed E-state index contributed by atoms with van der Waals surface area (Å²) in [6.07, 6.45) is 0. The van der Waals surface area contributed by atoms with Crippen LogP contribution < -0.4 is 5.73 Å². The minimum Gasteiger partial charge on any atom is -0.397 e. The summed E-state index contributed by atoms with van der Waals surface area (Å²) in [5.41, 5.74) is 7.23. The monoisotopic (exact) mass is 248 g/mol. The molecule has 3 nitrogen and oxygen atoms in total. The molecule has 0 fully saturated rings. The zero-order chi connectivity index (χ0) is 13.7. The summed E-state index contributed by atoms with van der Waals surface area (Å²) in [6, 6.07) is 19.6. The van der Waals surface area contributed by atoms with E-state index in [-0.39, 0.29) is 17.1 Å². The van der Waals surface area contributed by atoms with Crippen LogP contribution in [0.5, 0.6) is 0 Å². The molecule has 19 heavy (non-hydrogen) atoms. The number of carbonyl (C=O) groups excluding carboxylic acids is 1. The van der Waals surface area contributed by atoms with Crippen LogP contribution in [-0.2, 0) is 0 Å². The molecule has 0 heterocycles. The zero-order valence-electron chi connectivity index (χ0n) is 10.2. The fourth-order valence-electron chi connectivity index (χ4n) is 1.73. The lowest BCUT2D eigenvalue weighted by Gasteiger charge is -2.05. The van der Waals surface area contributed by atoms with E-state index in [9.17, 15) is 10.1 Å². The SMILES string of the molecule is N#CC(C(=O)c1ccccc1)=C(N)c1ccccc1. The Hall–Kier alpha value is -2.86. The van der Waals surface area contributed by atoms with Gasteiger partial charge in [0.15, 0.2) is 0 Å². The van der Waals surface area contributed by atoms with Crippen molar-refractivity contribution in [2.24, 2.45) is 5.73 Å². The van der Waals surface area contributed by atoms with Gasteiger partial charge in [-0.15, -0.1) is 0 Å². The highest BCUT2D eigenvalue weighted by molar-refractivity contribution is 6.15. The third kappa shape index (κ3) is 2.70. The Labute approximate surface area is 111 Å². The molecule has 0 unspecified atom stereocenters. The maximum atomic E-state index is 12.2. The number of ketones is 1. The van der Waals surface area contributed by atoms with Crippen LogP contribution in [0, 0.1) is 11.3 Å². The Morgan fingerprint density at radius 3 is 1.84 bits per heavy atom. The number of hydrogen-bond donors (Lipinski definition) is 1. The summed E-state index contributed by atoms with van der Waals surface area (Å²) in [5.74, 6) is -0.357. The predicted octanol–water partition coefficient (Wildman–Crippen LogP) is 2.76. The largest absolute Gasteiger partial charge is 0.397 e. The Bertz CT molecular complexity index is 652. The second-order valence-corrected chi connectivity index (χ2v) is 3.96. The Morgan fingerprint density at radius 2 is 1.37 bits per heavy atom. The molecule has 0 aromatic heterocycles. The average molecular weight is 248 g/mol. The second kappa shape index (κ2) is 5.65. The van der Waals surface area contributed by atoms with Crippen molar-refractivity contribution < 1.29 is 4.79 Å². The van der Waals surface area contributed by atoms with E-state index in [0.29, 0.717) is 11.1 Å². The van der Waals surface area contributed by atoms with Crippen molar-refractivity contribution >= 4 is 11.5 Å². The van der Waals surface area contributed by atoms with E-state index >= 15 is 0 Å². The van der Waals surface area contributed by atoms with Crippen molar-refractivity contribution in [1.82, 2.24) is 0 Å². The number of nitrogens with two attached hydrogens (primary N) is 1. The van der Waals surface area contributed by atoms with E-state index in [1.54, 1.807) is 36.4 Å². The van der Waals surface area contributed by atoms with Gasteiger partial charge in [-0.1, -0.05) is 60.7 Å². The Balaban J connectivity index is 2.46. The smallest absolute Gasteiger partial charge is 0.205 e. The molecule has 0 saturated carbocycles. The lowest BCUT2D eigenvalue weighted by Crippen LogP contribution is -2.09. The standard InChI is InChI=1S/C16H12N2O/c17-11-14(15(18)12-7-3-1-4-8-12)16(19)13-9-5-2-6-10-13/h1-10H,18H2. The van der Waals surface area contributed by atoms with E-state index in [1.165, 1.54) is 0 Å². The molecule has 0 aliphatic rings. The molecule has 3 heteroatoms. The summed E-state index contributed by atoms with van der Waals surface area (Å²) in [6.45, 7) is 0. The van der Waals surface area contributed by atoms with Crippen LogP contribution in [0.15, 0.2) is 66.2 Å². The summed E-state index contributed by atoms with van der Waals surface area (Å²) in [7, 11) is 0. The first-order valence-corrected chi connectivity index (χ1v) is 5.79. The summed E-state index contributed by atoms with van der Waals surface area (Å²) < 4.78 is 0. The van der Waals surface area contributed by atoms with Gasteiger partial charge in [-0.05, 0) is 5.56 Å². The van der Waals surface area contributed by atoms with Gasteiger partial charge in [0, 0.05) is 5.56 Å². The first kappa shape index (κ1) is 12.6. The molecule has 2 aromatic carbocycles. The molecule has 2 aromatic rings. The summed E-state index contributed by atoms with van der Waals surface area (Å²) in [4.78, 5) is 12.2. The maximum Gasteiger partial charge on any atom is 0.205 e. The van der Waals surface area contributed by atoms with E-state index in [1.807, 2.05) is 30.3 Å². The number of carbonyl (C=O) groups is 1. The van der Waals surface area contributed by atoms with Gasteiger partial charge in [0.05, 0.1) is 5.70 Å². The van der Waals surface area contributed by atoms with Gasteiger partial charge in [-0.25, -0.2) is 0 Å². The fraction of sp³-hybridized carbons (Fsp3) is 0. The van der Waals surface area contributed by atoms with Crippen molar-refractivity contribution in [2.75, 3.05) is 0 Å². The molecule has 0 spiro atoms. The quantitative estimate of drug-likeness (QED) is 0.516. The number of nitriles is 1. The highest BCUT2D eigenvalue weighted by Crippen LogP contribution is 2.16. The normalized spacial score (nSPS) is 11.3. The molecule has 0 saturated heterocycles. The topological polar surface area (TPSA) is 66.9 Å². The fourth-order valence-corrected chi connectivity index (χ4v) is 1.73. The van der Waals surface area contributed by atoms with Crippen LogP contribution in [0.1, 0.15) is 15.9 Å². The molecular formula is C16H12N2O. The first-order valence-electron chi connectivity index (χ1n) is 5.79. The van der Waals surface area contributed by atoms with Crippen molar-refractivity contribution in [2.45, 2.75) is 0 Å². The van der Waals surface area contributed by atoms with Crippen LogP contribution in [-0.4, -0.2) is 5.78 Å². The van der Waals surface area contributed by atoms with Gasteiger partial charge in [-0.2, -0.15) is 5.26 Å². The van der Waals surface area contributed by atoms with Crippen molar-refractivity contribution in [3.8, 4) is 6.07 Å². The van der Waals surface area contributed by atoms with E-state index < -0.39 is 0 Å². The highest BCUT2D eigenvalue weighted by atomic mass is 16.1. The van der Waals surface area contributed by atoms with Crippen LogP contribution >= 0.6 is 0 Å². The van der Waals surface area contributed by atoms with E-state index in [2.05, 4.69) is 0 Å².